The highest BCUT2D eigenvalue weighted by molar-refractivity contribution is 5.87. The summed E-state index contributed by atoms with van der Waals surface area (Å²) in [4.78, 5) is 18.3. The molecular weight excluding hydrogens is 282 g/mol. The molecule has 0 aliphatic heterocycles. The fourth-order valence-corrected chi connectivity index (χ4v) is 2.29. The Labute approximate surface area is 126 Å². The summed E-state index contributed by atoms with van der Waals surface area (Å²) >= 11 is 0. The molecule has 6 heteroatoms. The first-order chi connectivity index (χ1) is 10.6. The van der Waals surface area contributed by atoms with E-state index in [0.29, 0.717) is 23.0 Å². The highest BCUT2D eigenvalue weighted by Gasteiger charge is 2.10. The smallest absolute Gasteiger partial charge is 0.249 e. The van der Waals surface area contributed by atoms with Gasteiger partial charge in [-0.1, -0.05) is 0 Å². The molecule has 2 aromatic heterocycles. The van der Waals surface area contributed by atoms with Gasteiger partial charge in [-0.05, 0) is 29.8 Å². The number of nitrogen functional groups attached to an aromatic ring is 1. The van der Waals surface area contributed by atoms with E-state index in [9.17, 15) is 4.79 Å². The number of pyridine rings is 2. The number of methoxy groups -OCH3 is 2. The van der Waals surface area contributed by atoms with Crippen molar-refractivity contribution in [3.05, 3.63) is 46.8 Å². The number of nitrogens with two attached hydrogens (primary N) is 1. The van der Waals surface area contributed by atoms with E-state index >= 15 is 0 Å². The molecule has 112 valence electrons. The summed E-state index contributed by atoms with van der Waals surface area (Å²) in [7, 11) is 3.18. The van der Waals surface area contributed by atoms with Gasteiger partial charge in [-0.25, -0.2) is 4.98 Å². The molecular formula is C16H15N3O3. The van der Waals surface area contributed by atoms with Crippen LogP contribution in [0.25, 0.3) is 22.2 Å². The number of aromatic amines is 1. The molecule has 22 heavy (non-hydrogen) atoms. The number of H-pyrrole nitrogens is 1. The third kappa shape index (κ3) is 2.46. The van der Waals surface area contributed by atoms with E-state index < -0.39 is 0 Å². The molecule has 0 fully saturated rings. The molecule has 1 aromatic carbocycles. The monoisotopic (exact) mass is 297 g/mol. The summed E-state index contributed by atoms with van der Waals surface area (Å²) in [5, 5.41) is 0.797. The van der Waals surface area contributed by atoms with Gasteiger partial charge < -0.3 is 20.2 Å². The Hall–Kier alpha value is -3.02. The lowest BCUT2D eigenvalue weighted by atomic mass is 10.0. The van der Waals surface area contributed by atoms with Crippen molar-refractivity contribution in [1.29, 1.82) is 0 Å². The number of ether oxygens (including phenoxy) is 2. The van der Waals surface area contributed by atoms with Gasteiger partial charge in [0.1, 0.15) is 23.0 Å². The molecule has 3 aromatic rings. The first kappa shape index (κ1) is 13.9. The molecule has 0 atom stereocenters. The average molecular weight is 297 g/mol. The molecule has 0 saturated heterocycles. The van der Waals surface area contributed by atoms with E-state index in [4.69, 9.17) is 15.2 Å². The lowest BCUT2D eigenvalue weighted by Gasteiger charge is -2.11. The molecule has 2 heterocycles. The van der Waals surface area contributed by atoms with Gasteiger partial charge in [-0.15, -0.1) is 0 Å². The van der Waals surface area contributed by atoms with Crippen LogP contribution in [-0.2, 0) is 0 Å². The number of rotatable bonds is 3. The lowest BCUT2D eigenvalue weighted by molar-refractivity contribution is 0.394. The van der Waals surface area contributed by atoms with E-state index in [1.807, 2.05) is 18.2 Å². The fraction of sp³-hybridized carbons (Fsp3) is 0.125. The molecule has 0 saturated carbocycles. The Bertz CT molecular complexity index is 881. The van der Waals surface area contributed by atoms with Crippen molar-refractivity contribution >= 4 is 16.9 Å². The molecule has 6 nitrogen and oxygen atoms in total. The van der Waals surface area contributed by atoms with Crippen LogP contribution in [0.15, 0.2) is 41.2 Å². The van der Waals surface area contributed by atoms with Gasteiger partial charge in [0, 0.05) is 23.1 Å². The minimum absolute atomic E-state index is 0.213. The van der Waals surface area contributed by atoms with Gasteiger partial charge in [0.15, 0.2) is 0 Å². The molecule has 0 aliphatic rings. The summed E-state index contributed by atoms with van der Waals surface area (Å²) < 4.78 is 10.5. The first-order valence-electron chi connectivity index (χ1n) is 6.63. The van der Waals surface area contributed by atoms with Crippen molar-refractivity contribution in [2.75, 3.05) is 20.0 Å². The van der Waals surface area contributed by atoms with E-state index in [1.165, 1.54) is 6.07 Å². The van der Waals surface area contributed by atoms with Crippen molar-refractivity contribution in [2.45, 2.75) is 0 Å². The second kappa shape index (κ2) is 5.40. The number of fused-ring (bicyclic) bond motifs is 1. The summed E-state index contributed by atoms with van der Waals surface area (Å²) in [6, 6.07) is 10.5. The standard InChI is InChI=1S/C16H15N3O3/c1-21-11-5-10(6-12(8-11)22-2)13-7-9-3-4-14(20)18-16(9)19-15(13)17/h3-8H,1-2H3,(H3,17,18,19,20). The van der Waals surface area contributed by atoms with Crippen LogP contribution < -0.4 is 20.8 Å². The highest BCUT2D eigenvalue weighted by atomic mass is 16.5. The Balaban J connectivity index is 2.23. The number of nitrogens with zero attached hydrogens (tertiary/aromatic N) is 1. The van der Waals surface area contributed by atoms with Gasteiger partial charge >= 0.3 is 0 Å². The van der Waals surface area contributed by atoms with Crippen LogP contribution in [0.2, 0.25) is 0 Å². The number of nitrogens with one attached hydrogen (secondary N) is 1. The molecule has 0 radical (unpaired) electrons. The first-order valence-corrected chi connectivity index (χ1v) is 6.63. The Morgan fingerprint density at radius 1 is 1.05 bits per heavy atom. The average Bonchev–Trinajstić information content (AvgIpc) is 2.53. The van der Waals surface area contributed by atoms with Crippen LogP contribution >= 0.6 is 0 Å². The van der Waals surface area contributed by atoms with Crippen molar-refractivity contribution in [3.63, 3.8) is 0 Å². The minimum Gasteiger partial charge on any atom is -0.497 e. The summed E-state index contributed by atoms with van der Waals surface area (Å²) in [6.45, 7) is 0. The third-order valence-corrected chi connectivity index (χ3v) is 3.40. The normalized spacial score (nSPS) is 10.6. The van der Waals surface area contributed by atoms with Crippen LogP contribution in [-0.4, -0.2) is 24.2 Å². The zero-order valence-corrected chi connectivity index (χ0v) is 12.2. The van der Waals surface area contributed by atoms with Gasteiger partial charge in [0.2, 0.25) is 5.56 Å². The van der Waals surface area contributed by atoms with Crippen LogP contribution in [0.3, 0.4) is 0 Å². The maximum absolute atomic E-state index is 11.3. The van der Waals surface area contributed by atoms with Crippen LogP contribution in [0, 0.1) is 0 Å². The lowest BCUT2D eigenvalue weighted by Crippen LogP contribution is -2.05. The maximum Gasteiger partial charge on any atom is 0.249 e. The highest BCUT2D eigenvalue weighted by Crippen LogP contribution is 2.33. The summed E-state index contributed by atoms with van der Waals surface area (Å²) in [6.07, 6.45) is 0. The van der Waals surface area contributed by atoms with Gasteiger partial charge in [-0.2, -0.15) is 0 Å². The van der Waals surface area contributed by atoms with Crippen molar-refractivity contribution < 1.29 is 9.47 Å². The van der Waals surface area contributed by atoms with E-state index in [-0.39, 0.29) is 5.56 Å². The SMILES string of the molecule is COc1cc(OC)cc(-c2cc3ccc(=O)[nH]c3nc2N)c1. The Morgan fingerprint density at radius 2 is 1.73 bits per heavy atom. The number of anilines is 1. The predicted molar refractivity (Wildman–Crippen MR) is 85.3 cm³/mol. The van der Waals surface area contributed by atoms with E-state index in [1.54, 1.807) is 26.4 Å². The van der Waals surface area contributed by atoms with E-state index in [2.05, 4.69) is 9.97 Å². The van der Waals surface area contributed by atoms with Crippen LogP contribution in [0.1, 0.15) is 0 Å². The number of benzene rings is 1. The largest absolute Gasteiger partial charge is 0.497 e. The molecule has 3 rings (SSSR count). The molecule has 0 spiro atoms. The van der Waals surface area contributed by atoms with Crippen LogP contribution in [0.5, 0.6) is 11.5 Å². The zero-order chi connectivity index (χ0) is 15.7. The Kier molecular flexibility index (Phi) is 3.42. The number of aromatic nitrogens is 2. The predicted octanol–water partition coefficient (Wildman–Crippen LogP) is 2.19. The summed E-state index contributed by atoms with van der Waals surface area (Å²) in [5.41, 5.74) is 7.86. The minimum atomic E-state index is -0.213. The van der Waals surface area contributed by atoms with Gasteiger partial charge in [0.25, 0.3) is 0 Å². The van der Waals surface area contributed by atoms with Crippen molar-refractivity contribution in [3.8, 4) is 22.6 Å². The van der Waals surface area contributed by atoms with Gasteiger partial charge in [0.05, 0.1) is 14.2 Å². The van der Waals surface area contributed by atoms with Gasteiger partial charge in [-0.3, -0.25) is 4.79 Å². The second-order valence-electron chi connectivity index (χ2n) is 4.78. The molecule has 3 N–H and O–H groups in total. The van der Waals surface area contributed by atoms with Crippen molar-refractivity contribution in [1.82, 2.24) is 9.97 Å². The molecule has 0 aliphatic carbocycles. The molecule has 0 amide bonds. The molecule has 0 unspecified atom stereocenters. The van der Waals surface area contributed by atoms with Crippen LogP contribution in [0.4, 0.5) is 5.82 Å². The number of hydrogen-bond acceptors (Lipinski definition) is 5. The second-order valence-corrected chi connectivity index (χ2v) is 4.78. The maximum atomic E-state index is 11.3. The fourth-order valence-electron chi connectivity index (χ4n) is 2.29. The quantitative estimate of drug-likeness (QED) is 0.773. The zero-order valence-electron chi connectivity index (χ0n) is 12.2. The Morgan fingerprint density at radius 3 is 2.36 bits per heavy atom. The number of hydrogen-bond donors (Lipinski definition) is 2. The summed E-state index contributed by atoms with van der Waals surface area (Å²) in [5.74, 6) is 1.65. The van der Waals surface area contributed by atoms with Crippen molar-refractivity contribution in [2.24, 2.45) is 0 Å². The van der Waals surface area contributed by atoms with E-state index in [0.717, 1.165) is 16.5 Å². The molecule has 0 bridgehead atoms. The topological polar surface area (TPSA) is 90.2 Å². The third-order valence-electron chi connectivity index (χ3n) is 3.40.